The Bertz CT molecular complexity index is 137. The van der Waals surface area contributed by atoms with Gasteiger partial charge in [0.25, 0.3) is 0 Å². The third-order valence-electron chi connectivity index (χ3n) is 1.09. The molecule has 0 aromatic heterocycles. The van der Waals surface area contributed by atoms with Crippen molar-refractivity contribution in [2.75, 3.05) is 6.54 Å². The van der Waals surface area contributed by atoms with Crippen LogP contribution in [0.3, 0.4) is 0 Å². The Hall–Kier alpha value is -0.660. The standard InChI is InChI=1S/C6H8FN/c1-5-2-3-6(7)8-4-5/h2-3,5H,4H2,1H3. The molecule has 8 heavy (non-hydrogen) atoms. The fourth-order valence-corrected chi connectivity index (χ4v) is 0.588. The Kier molecular flexibility index (Phi) is 1.42. The van der Waals surface area contributed by atoms with Crippen molar-refractivity contribution in [3.05, 3.63) is 12.2 Å². The van der Waals surface area contributed by atoms with E-state index in [0.717, 1.165) is 0 Å². The van der Waals surface area contributed by atoms with Crippen LogP contribution in [0, 0.1) is 5.92 Å². The van der Waals surface area contributed by atoms with Crippen molar-refractivity contribution >= 4 is 5.97 Å². The number of hydrogen-bond acceptors (Lipinski definition) is 1. The summed E-state index contributed by atoms with van der Waals surface area (Å²) in [7, 11) is 0. The monoisotopic (exact) mass is 113 g/mol. The highest BCUT2D eigenvalue weighted by molar-refractivity contribution is 5.87. The molecule has 44 valence electrons. The van der Waals surface area contributed by atoms with Crippen LogP contribution < -0.4 is 0 Å². The lowest BCUT2D eigenvalue weighted by molar-refractivity contribution is 0.698. The molecular formula is C6H8FN. The van der Waals surface area contributed by atoms with E-state index in [2.05, 4.69) is 4.99 Å². The van der Waals surface area contributed by atoms with E-state index in [9.17, 15) is 4.39 Å². The van der Waals surface area contributed by atoms with Crippen LogP contribution in [0.4, 0.5) is 4.39 Å². The summed E-state index contributed by atoms with van der Waals surface area (Å²) in [5.41, 5.74) is 0. The van der Waals surface area contributed by atoms with Gasteiger partial charge in [-0.2, -0.15) is 4.39 Å². The van der Waals surface area contributed by atoms with Gasteiger partial charge in [0.15, 0.2) is 0 Å². The number of hydrogen-bond donors (Lipinski definition) is 0. The van der Waals surface area contributed by atoms with E-state index in [1.807, 2.05) is 13.0 Å². The minimum atomic E-state index is -0.344. The molecule has 1 unspecified atom stereocenters. The quantitative estimate of drug-likeness (QED) is 0.452. The molecule has 0 fully saturated rings. The average Bonchev–Trinajstić information content (AvgIpc) is 1.77. The van der Waals surface area contributed by atoms with Crippen LogP contribution in [-0.4, -0.2) is 12.5 Å². The molecule has 0 aromatic rings. The van der Waals surface area contributed by atoms with E-state index in [1.165, 1.54) is 6.08 Å². The Morgan fingerprint density at radius 1 is 1.88 bits per heavy atom. The topological polar surface area (TPSA) is 12.4 Å². The van der Waals surface area contributed by atoms with Gasteiger partial charge in [-0.25, -0.2) is 0 Å². The molecule has 1 aliphatic rings. The molecule has 0 saturated heterocycles. The van der Waals surface area contributed by atoms with Gasteiger partial charge < -0.3 is 0 Å². The number of allylic oxidation sites excluding steroid dienone is 1. The minimum Gasteiger partial charge on any atom is -0.257 e. The zero-order valence-corrected chi connectivity index (χ0v) is 4.76. The summed E-state index contributed by atoms with van der Waals surface area (Å²) in [6.07, 6.45) is 3.23. The molecule has 2 heteroatoms. The van der Waals surface area contributed by atoms with Crippen LogP contribution in [0.25, 0.3) is 0 Å². The molecule has 0 aliphatic carbocycles. The average molecular weight is 113 g/mol. The van der Waals surface area contributed by atoms with Crippen LogP contribution in [0.15, 0.2) is 17.1 Å². The molecular weight excluding hydrogens is 105 g/mol. The first-order valence-electron chi connectivity index (χ1n) is 2.67. The summed E-state index contributed by atoms with van der Waals surface area (Å²) in [5.74, 6) is 0.0672. The molecule has 1 atom stereocenters. The Morgan fingerprint density at radius 2 is 2.62 bits per heavy atom. The molecule has 0 aromatic carbocycles. The third kappa shape index (κ3) is 1.15. The van der Waals surface area contributed by atoms with Gasteiger partial charge in [-0.05, 0) is 12.0 Å². The summed E-state index contributed by atoms with van der Waals surface area (Å²) in [6, 6.07) is 0. The fourth-order valence-electron chi connectivity index (χ4n) is 0.588. The molecule has 0 bridgehead atoms. The van der Waals surface area contributed by atoms with Crippen molar-refractivity contribution in [3.8, 4) is 0 Å². The predicted octanol–water partition coefficient (Wildman–Crippen LogP) is 1.56. The normalized spacial score (nSPS) is 27.8. The summed E-state index contributed by atoms with van der Waals surface area (Å²) in [6.45, 7) is 2.61. The lowest BCUT2D eigenvalue weighted by Gasteiger charge is -2.04. The van der Waals surface area contributed by atoms with Gasteiger partial charge >= 0.3 is 0 Å². The molecule has 1 heterocycles. The minimum absolute atomic E-state index is 0.344. The van der Waals surface area contributed by atoms with Crippen molar-refractivity contribution in [1.29, 1.82) is 0 Å². The zero-order chi connectivity index (χ0) is 5.98. The first-order chi connectivity index (χ1) is 3.79. The van der Waals surface area contributed by atoms with Crippen LogP contribution >= 0.6 is 0 Å². The zero-order valence-electron chi connectivity index (χ0n) is 4.76. The van der Waals surface area contributed by atoms with Crippen LogP contribution in [-0.2, 0) is 0 Å². The van der Waals surface area contributed by atoms with Gasteiger partial charge in [-0.15, -0.1) is 0 Å². The Labute approximate surface area is 47.9 Å². The van der Waals surface area contributed by atoms with Gasteiger partial charge in [0.2, 0.25) is 5.97 Å². The van der Waals surface area contributed by atoms with Gasteiger partial charge in [0.1, 0.15) is 0 Å². The first kappa shape index (κ1) is 5.48. The van der Waals surface area contributed by atoms with Crippen LogP contribution in [0.2, 0.25) is 0 Å². The van der Waals surface area contributed by atoms with Gasteiger partial charge in [-0.3, -0.25) is 4.99 Å². The van der Waals surface area contributed by atoms with Crippen LogP contribution in [0.1, 0.15) is 6.92 Å². The second kappa shape index (κ2) is 2.07. The maximum absolute atomic E-state index is 12.0. The maximum Gasteiger partial charge on any atom is 0.207 e. The summed E-state index contributed by atoms with van der Waals surface area (Å²) in [5, 5.41) is 0. The smallest absolute Gasteiger partial charge is 0.207 e. The molecule has 0 radical (unpaired) electrons. The summed E-state index contributed by atoms with van der Waals surface area (Å²) >= 11 is 0. The van der Waals surface area contributed by atoms with Gasteiger partial charge in [0.05, 0.1) is 0 Å². The van der Waals surface area contributed by atoms with E-state index in [-0.39, 0.29) is 5.97 Å². The van der Waals surface area contributed by atoms with Crippen molar-refractivity contribution in [2.45, 2.75) is 6.92 Å². The van der Waals surface area contributed by atoms with Crippen molar-refractivity contribution in [1.82, 2.24) is 0 Å². The lowest BCUT2D eigenvalue weighted by atomic mass is 10.1. The van der Waals surface area contributed by atoms with Crippen molar-refractivity contribution < 1.29 is 4.39 Å². The molecule has 1 rings (SSSR count). The van der Waals surface area contributed by atoms with E-state index >= 15 is 0 Å². The predicted molar refractivity (Wildman–Crippen MR) is 31.7 cm³/mol. The molecule has 0 spiro atoms. The number of nitrogens with zero attached hydrogens (tertiary/aromatic N) is 1. The van der Waals surface area contributed by atoms with Crippen molar-refractivity contribution in [3.63, 3.8) is 0 Å². The second-order valence-electron chi connectivity index (χ2n) is 2.00. The summed E-state index contributed by atoms with van der Waals surface area (Å²) < 4.78 is 12.0. The Morgan fingerprint density at radius 3 is 3.00 bits per heavy atom. The first-order valence-corrected chi connectivity index (χ1v) is 2.67. The third-order valence-corrected chi connectivity index (χ3v) is 1.09. The molecule has 0 amide bonds. The van der Waals surface area contributed by atoms with Gasteiger partial charge in [0, 0.05) is 6.54 Å². The van der Waals surface area contributed by atoms with Crippen molar-refractivity contribution in [2.24, 2.45) is 10.9 Å². The van der Waals surface area contributed by atoms with E-state index in [4.69, 9.17) is 0 Å². The highest BCUT2D eigenvalue weighted by Gasteiger charge is 2.01. The number of rotatable bonds is 0. The molecule has 0 saturated carbocycles. The van der Waals surface area contributed by atoms with Crippen LogP contribution in [0.5, 0.6) is 0 Å². The maximum atomic E-state index is 12.0. The molecule has 1 nitrogen and oxygen atoms in total. The van der Waals surface area contributed by atoms with E-state index in [0.29, 0.717) is 12.5 Å². The Balaban J connectivity index is 2.58. The molecule has 1 aliphatic heterocycles. The van der Waals surface area contributed by atoms with E-state index < -0.39 is 0 Å². The SMILES string of the molecule is CC1C=CC(F)=NC1. The highest BCUT2D eigenvalue weighted by Crippen LogP contribution is 2.04. The second-order valence-corrected chi connectivity index (χ2v) is 2.00. The highest BCUT2D eigenvalue weighted by atomic mass is 19.1. The lowest BCUT2D eigenvalue weighted by Crippen LogP contribution is -2.02. The summed E-state index contributed by atoms with van der Waals surface area (Å²) in [4.78, 5) is 3.57. The van der Waals surface area contributed by atoms with Gasteiger partial charge in [-0.1, -0.05) is 13.0 Å². The number of aliphatic imine (C=N–C) groups is 1. The number of halogens is 1. The number of dihydropyridines is 1. The molecule has 0 N–H and O–H groups in total. The fraction of sp³-hybridized carbons (Fsp3) is 0.500. The van der Waals surface area contributed by atoms with E-state index in [1.54, 1.807) is 0 Å². The largest absolute Gasteiger partial charge is 0.257 e.